The fourth-order valence-corrected chi connectivity index (χ4v) is 3.04. The highest BCUT2D eigenvalue weighted by atomic mass is 35.5. The molecule has 2 rings (SSSR count). The fourth-order valence-electron chi connectivity index (χ4n) is 2.80. The maximum absolute atomic E-state index is 6.30. The lowest BCUT2D eigenvalue weighted by atomic mass is 9.87. The summed E-state index contributed by atoms with van der Waals surface area (Å²) in [5.41, 5.74) is 1.45. The van der Waals surface area contributed by atoms with Gasteiger partial charge in [0, 0.05) is 10.4 Å². The summed E-state index contributed by atoms with van der Waals surface area (Å²) in [7, 11) is 0. The van der Waals surface area contributed by atoms with Gasteiger partial charge in [0.1, 0.15) is 0 Å². The maximum atomic E-state index is 6.30. The highest BCUT2D eigenvalue weighted by molar-refractivity contribution is 6.35. The first-order valence-corrected chi connectivity index (χ1v) is 7.62. The highest BCUT2D eigenvalue weighted by Gasteiger charge is 2.12. The first-order valence-electron chi connectivity index (χ1n) is 7.24. The van der Waals surface area contributed by atoms with Crippen LogP contribution in [-0.4, -0.2) is 0 Å². The largest absolute Gasteiger partial charge is 0.0837 e. The van der Waals surface area contributed by atoms with E-state index in [1.54, 1.807) is 0 Å². The Morgan fingerprint density at radius 1 is 1.05 bits per heavy atom. The predicted octanol–water partition coefficient (Wildman–Crippen LogP) is 6.38. The highest BCUT2D eigenvalue weighted by Crippen LogP contribution is 2.34. The maximum Gasteiger partial charge on any atom is 0.0484 e. The van der Waals surface area contributed by atoms with Crippen molar-refractivity contribution in [2.75, 3.05) is 0 Å². The van der Waals surface area contributed by atoms with Crippen LogP contribution in [0.2, 0.25) is 5.02 Å². The van der Waals surface area contributed by atoms with Crippen LogP contribution in [0, 0.1) is 6.92 Å². The van der Waals surface area contributed by atoms with Crippen molar-refractivity contribution in [2.45, 2.75) is 44.9 Å². The summed E-state index contributed by atoms with van der Waals surface area (Å²) in [6.45, 7) is 6.20. The molecule has 0 saturated carbocycles. The molecular weight excluding hydrogens is 252 g/mol. The molecule has 1 unspecified atom stereocenters. The number of benzene rings is 2. The monoisotopic (exact) mass is 273 g/mol. The lowest BCUT2D eigenvalue weighted by Crippen LogP contribution is -1.98. The summed E-state index contributed by atoms with van der Waals surface area (Å²) in [6.07, 6.45) is 5.96. The van der Waals surface area contributed by atoms with Crippen molar-refractivity contribution in [3.63, 3.8) is 0 Å². The van der Waals surface area contributed by atoms with E-state index in [-0.39, 0.29) is 0 Å². The van der Waals surface area contributed by atoms with Gasteiger partial charge in [-0.2, -0.15) is 0 Å². The molecule has 1 heteroatoms. The van der Waals surface area contributed by atoms with Gasteiger partial charge in [-0.15, -0.1) is 0 Å². The first kappa shape index (κ1) is 14.4. The Hall–Kier alpha value is -1.01. The van der Waals surface area contributed by atoms with E-state index in [2.05, 4.69) is 44.2 Å². The molecule has 0 aliphatic rings. The average molecular weight is 274 g/mol. The lowest BCUT2D eigenvalue weighted by Gasteiger charge is -2.18. The molecule has 0 aliphatic carbocycles. The van der Waals surface area contributed by atoms with Crippen LogP contribution in [0.4, 0.5) is 0 Å². The van der Waals surface area contributed by atoms with Crippen LogP contribution in [0.1, 0.15) is 50.5 Å². The van der Waals surface area contributed by atoms with E-state index in [0.29, 0.717) is 5.92 Å². The summed E-state index contributed by atoms with van der Waals surface area (Å²) in [4.78, 5) is 0. The lowest BCUT2D eigenvalue weighted by molar-refractivity contribution is 0.562. The van der Waals surface area contributed by atoms with Crippen molar-refractivity contribution < 1.29 is 0 Å². The summed E-state index contributed by atoms with van der Waals surface area (Å²) in [6, 6.07) is 12.7. The van der Waals surface area contributed by atoms with Crippen molar-refractivity contribution >= 4 is 22.4 Å². The summed E-state index contributed by atoms with van der Waals surface area (Å²) in [5, 5.41) is 3.35. The normalized spacial score (nSPS) is 12.8. The van der Waals surface area contributed by atoms with E-state index in [9.17, 15) is 0 Å². The van der Waals surface area contributed by atoms with E-state index >= 15 is 0 Å². The second-order valence-corrected chi connectivity index (χ2v) is 5.54. The third-order valence-corrected chi connectivity index (χ3v) is 4.22. The molecule has 19 heavy (non-hydrogen) atoms. The van der Waals surface area contributed by atoms with Gasteiger partial charge in [-0.1, -0.05) is 75.0 Å². The van der Waals surface area contributed by atoms with E-state index < -0.39 is 0 Å². The number of halogens is 1. The van der Waals surface area contributed by atoms with Crippen molar-refractivity contribution in [3.05, 3.63) is 53.9 Å². The molecular formula is C18H22Cl. The van der Waals surface area contributed by atoms with Crippen LogP contribution in [0.15, 0.2) is 36.4 Å². The Balaban J connectivity index is 2.34. The van der Waals surface area contributed by atoms with E-state index in [1.165, 1.54) is 42.0 Å². The molecule has 1 radical (unpaired) electrons. The van der Waals surface area contributed by atoms with Crippen LogP contribution < -0.4 is 0 Å². The van der Waals surface area contributed by atoms with Gasteiger partial charge in [0.15, 0.2) is 0 Å². The zero-order chi connectivity index (χ0) is 13.7. The Morgan fingerprint density at radius 3 is 2.53 bits per heavy atom. The molecule has 0 N–H and O–H groups in total. The smallest absolute Gasteiger partial charge is 0.0484 e. The molecule has 0 fully saturated rings. The summed E-state index contributed by atoms with van der Waals surface area (Å²) in [5.74, 6) is 0.633. The standard InChI is InChI=1S/C18H22Cl/c1-3-5-6-9-14(4-2)15-10-7-12-17-16(15)11-8-13-18(17)19/h7-8,10-14H,1,3-6,9H2,2H3. The molecule has 0 aliphatic heterocycles. The van der Waals surface area contributed by atoms with Gasteiger partial charge >= 0.3 is 0 Å². The second kappa shape index (κ2) is 6.96. The van der Waals surface area contributed by atoms with Crippen LogP contribution in [0.3, 0.4) is 0 Å². The summed E-state index contributed by atoms with van der Waals surface area (Å²) >= 11 is 6.30. The molecule has 1 atom stereocenters. The van der Waals surface area contributed by atoms with Gasteiger partial charge in [0.05, 0.1) is 0 Å². The first-order chi connectivity index (χ1) is 9.27. The van der Waals surface area contributed by atoms with Crippen molar-refractivity contribution in [1.82, 2.24) is 0 Å². The number of hydrogen-bond donors (Lipinski definition) is 0. The number of hydrogen-bond acceptors (Lipinski definition) is 0. The number of unbranched alkanes of at least 4 members (excludes halogenated alkanes) is 2. The van der Waals surface area contributed by atoms with Gasteiger partial charge in [-0.25, -0.2) is 0 Å². The third kappa shape index (κ3) is 3.30. The molecule has 0 bridgehead atoms. The minimum atomic E-state index is 0.633. The SMILES string of the molecule is [CH2]CCCCC(CC)c1cccc2c(Cl)cccc12. The average Bonchev–Trinajstić information content (AvgIpc) is 2.44. The van der Waals surface area contributed by atoms with E-state index in [1.807, 2.05) is 6.07 Å². The Kier molecular flexibility index (Phi) is 5.27. The molecule has 101 valence electrons. The molecule has 2 aromatic rings. The van der Waals surface area contributed by atoms with Crippen molar-refractivity contribution in [1.29, 1.82) is 0 Å². The molecule has 0 spiro atoms. The van der Waals surface area contributed by atoms with Gasteiger partial charge in [0.2, 0.25) is 0 Å². The topological polar surface area (TPSA) is 0 Å². The van der Waals surface area contributed by atoms with Crippen LogP contribution in [-0.2, 0) is 0 Å². The molecule has 0 amide bonds. The van der Waals surface area contributed by atoms with Crippen LogP contribution in [0.5, 0.6) is 0 Å². The van der Waals surface area contributed by atoms with Crippen molar-refractivity contribution in [2.24, 2.45) is 0 Å². The second-order valence-electron chi connectivity index (χ2n) is 5.14. The quantitative estimate of drug-likeness (QED) is 0.536. The van der Waals surface area contributed by atoms with E-state index in [0.717, 1.165) is 11.4 Å². The van der Waals surface area contributed by atoms with Gasteiger partial charge in [-0.05, 0) is 35.8 Å². The Labute approximate surface area is 121 Å². The third-order valence-electron chi connectivity index (χ3n) is 3.89. The zero-order valence-corrected chi connectivity index (χ0v) is 12.4. The molecule has 0 heterocycles. The summed E-state index contributed by atoms with van der Waals surface area (Å²) < 4.78 is 0. The molecule has 0 saturated heterocycles. The molecule has 0 nitrogen and oxygen atoms in total. The number of rotatable bonds is 6. The fraction of sp³-hybridized carbons (Fsp3) is 0.389. The predicted molar refractivity (Wildman–Crippen MR) is 85.8 cm³/mol. The number of fused-ring (bicyclic) bond motifs is 1. The van der Waals surface area contributed by atoms with Gasteiger partial charge < -0.3 is 0 Å². The van der Waals surface area contributed by atoms with Crippen LogP contribution >= 0.6 is 11.6 Å². The Bertz CT molecular complexity index is 530. The van der Waals surface area contributed by atoms with Crippen LogP contribution in [0.25, 0.3) is 10.8 Å². The minimum Gasteiger partial charge on any atom is -0.0837 e. The van der Waals surface area contributed by atoms with Crippen molar-refractivity contribution in [3.8, 4) is 0 Å². The van der Waals surface area contributed by atoms with Gasteiger partial charge in [0.25, 0.3) is 0 Å². The Morgan fingerprint density at radius 2 is 1.79 bits per heavy atom. The molecule has 0 aromatic heterocycles. The van der Waals surface area contributed by atoms with Gasteiger partial charge in [-0.3, -0.25) is 0 Å². The minimum absolute atomic E-state index is 0.633. The molecule has 2 aromatic carbocycles. The van der Waals surface area contributed by atoms with E-state index in [4.69, 9.17) is 11.6 Å². The zero-order valence-electron chi connectivity index (χ0n) is 11.7.